The van der Waals surface area contributed by atoms with Crippen molar-refractivity contribution in [1.82, 2.24) is 10.2 Å². The molecule has 0 radical (unpaired) electrons. The highest BCUT2D eigenvalue weighted by molar-refractivity contribution is 4.84. The zero-order chi connectivity index (χ0) is 10.6. The monoisotopic (exact) mass is 200 g/mol. The maximum Gasteiger partial charge on any atom is 0.0589 e. The van der Waals surface area contributed by atoms with Crippen LogP contribution in [-0.4, -0.2) is 48.3 Å². The number of hydrogen-bond donors (Lipinski definition) is 2. The molecule has 1 aliphatic rings. The van der Waals surface area contributed by atoms with Gasteiger partial charge in [-0.25, -0.2) is 0 Å². The average molecular weight is 200 g/mol. The molecule has 14 heavy (non-hydrogen) atoms. The largest absolute Gasteiger partial charge is 0.395 e. The lowest BCUT2D eigenvalue weighted by molar-refractivity contribution is 0.139. The minimum atomic E-state index is 0.308. The van der Waals surface area contributed by atoms with Crippen LogP contribution >= 0.6 is 0 Å². The van der Waals surface area contributed by atoms with Gasteiger partial charge in [0, 0.05) is 25.2 Å². The van der Waals surface area contributed by atoms with E-state index in [1.165, 1.54) is 6.42 Å². The van der Waals surface area contributed by atoms with Crippen LogP contribution in [0.3, 0.4) is 0 Å². The van der Waals surface area contributed by atoms with Gasteiger partial charge in [0.25, 0.3) is 0 Å². The summed E-state index contributed by atoms with van der Waals surface area (Å²) in [5, 5.41) is 12.7. The van der Waals surface area contributed by atoms with E-state index >= 15 is 0 Å². The standard InChI is InChI=1S/C11H24N2O/c1-9(2)12-5-7-13-6-4-10(3)11(13)8-14/h9-12,14H,4-8H2,1-3H3. The van der Waals surface area contributed by atoms with Crippen molar-refractivity contribution in [3.05, 3.63) is 0 Å². The molecule has 1 fully saturated rings. The van der Waals surface area contributed by atoms with Crippen LogP contribution in [0.25, 0.3) is 0 Å². The highest BCUT2D eigenvalue weighted by Gasteiger charge is 2.29. The summed E-state index contributed by atoms with van der Waals surface area (Å²) in [5.74, 6) is 0.652. The van der Waals surface area contributed by atoms with Gasteiger partial charge in [0.05, 0.1) is 6.61 Å². The molecule has 1 rings (SSSR count). The van der Waals surface area contributed by atoms with E-state index in [4.69, 9.17) is 0 Å². The SMILES string of the molecule is CC(C)NCCN1CCC(C)C1CO. The summed E-state index contributed by atoms with van der Waals surface area (Å²) in [7, 11) is 0. The first-order valence-electron chi connectivity index (χ1n) is 5.73. The van der Waals surface area contributed by atoms with Crippen LogP contribution in [0.2, 0.25) is 0 Å². The van der Waals surface area contributed by atoms with Gasteiger partial charge < -0.3 is 10.4 Å². The van der Waals surface area contributed by atoms with Gasteiger partial charge in [0.1, 0.15) is 0 Å². The van der Waals surface area contributed by atoms with Crippen LogP contribution in [0.1, 0.15) is 27.2 Å². The van der Waals surface area contributed by atoms with Gasteiger partial charge >= 0.3 is 0 Å². The summed E-state index contributed by atoms with van der Waals surface area (Å²) in [6, 6.07) is 0.951. The molecule has 0 aromatic carbocycles. The second kappa shape index (κ2) is 5.69. The highest BCUT2D eigenvalue weighted by Crippen LogP contribution is 2.22. The number of nitrogens with zero attached hydrogens (tertiary/aromatic N) is 1. The molecule has 1 aliphatic heterocycles. The fourth-order valence-electron chi connectivity index (χ4n) is 2.16. The molecule has 3 nitrogen and oxygen atoms in total. The Morgan fingerprint density at radius 1 is 1.50 bits per heavy atom. The predicted molar refractivity (Wildman–Crippen MR) is 59.4 cm³/mol. The van der Waals surface area contributed by atoms with Crippen molar-refractivity contribution < 1.29 is 5.11 Å². The Balaban J connectivity index is 2.23. The lowest BCUT2D eigenvalue weighted by Crippen LogP contribution is -2.40. The summed E-state index contributed by atoms with van der Waals surface area (Å²) < 4.78 is 0. The maximum absolute atomic E-state index is 9.25. The third-order valence-electron chi connectivity index (χ3n) is 3.14. The van der Waals surface area contributed by atoms with E-state index in [2.05, 4.69) is 31.0 Å². The van der Waals surface area contributed by atoms with Crippen LogP contribution in [0, 0.1) is 5.92 Å². The Kier molecular flexibility index (Phi) is 4.85. The molecular formula is C11H24N2O. The Bertz CT molecular complexity index is 161. The van der Waals surface area contributed by atoms with Crippen LogP contribution in [-0.2, 0) is 0 Å². The minimum absolute atomic E-state index is 0.308. The third-order valence-corrected chi connectivity index (χ3v) is 3.14. The van der Waals surface area contributed by atoms with Gasteiger partial charge in [-0.1, -0.05) is 20.8 Å². The summed E-state index contributed by atoms with van der Waals surface area (Å²) in [5.41, 5.74) is 0. The lowest BCUT2D eigenvalue weighted by atomic mass is 10.0. The van der Waals surface area contributed by atoms with Gasteiger partial charge in [0.15, 0.2) is 0 Å². The van der Waals surface area contributed by atoms with E-state index in [1.807, 2.05) is 0 Å². The van der Waals surface area contributed by atoms with Crippen molar-refractivity contribution in [1.29, 1.82) is 0 Å². The van der Waals surface area contributed by atoms with Gasteiger partial charge in [-0.05, 0) is 18.9 Å². The van der Waals surface area contributed by atoms with Crippen LogP contribution in [0.15, 0.2) is 0 Å². The average Bonchev–Trinajstić information content (AvgIpc) is 2.46. The highest BCUT2D eigenvalue weighted by atomic mass is 16.3. The van der Waals surface area contributed by atoms with Gasteiger partial charge in [0.2, 0.25) is 0 Å². The number of aliphatic hydroxyl groups is 1. The number of likely N-dealkylation sites (tertiary alicyclic amines) is 1. The van der Waals surface area contributed by atoms with Crippen molar-refractivity contribution in [3.63, 3.8) is 0 Å². The molecule has 0 aromatic heterocycles. The van der Waals surface area contributed by atoms with Crippen LogP contribution in [0.4, 0.5) is 0 Å². The summed E-state index contributed by atoms with van der Waals surface area (Å²) in [6.07, 6.45) is 1.23. The summed E-state index contributed by atoms with van der Waals surface area (Å²) in [6.45, 7) is 10.1. The fourth-order valence-corrected chi connectivity index (χ4v) is 2.16. The Hall–Kier alpha value is -0.120. The Morgan fingerprint density at radius 3 is 2.79 bits per heavy atom. The molecule has 0 saturated carbocycles. The van der Waals surface area contributed by atoms with E-state index in [9.17, 15) is 5.11 Å². The van der Waals surface area contributed by atoms with E-state index in [1.54, 1.807) is 0 Å². The first-order chi connectivity index (χ1) is 6.65. The van der Waals surface area contributed by atoms with Crippen LogP contribution in [0.5, 0.6) is 0 Å². The van der Waals surface area contributed by atoms with Crippen LogP contribution < -0.4 is 5.32 Å². The predicted octanol–water partition coefficient (Wildman–Crippen LogP) is 0.687. The van der Waals surface area contributed by atoms with E-state index in [-0.39, 0.29) is 0 Å². The number of hydrogen-bond acceptors (Lipinski definition) is 3. The van der Waals surface area contributed by atoms with Gasteiger partial charge in [-0.15, -0.1) is 0 Å². The zero-order valence-electron chi connectivity index (χ0n) is 9.66. The molecule has 0 bridgehead atoms. The molecule has 0 aromatic rings. The number of nitrogens with one attached hydrogen (secondary N) is 1. The molecule has 2 atom stereocenters. The van der Waals surface area contributed by atoms with E-state index < -0.39 is 0 Å². The minimum Gasteiger partial charge on any atom is -0.395 e. The second-order valence-corrected chi connectivity index (χ2v) is 4.66. The molecule has 1 heterocycles. The Morgan fingerprint density at radius 2 is 2.21 bits per heavy atom. The van der Waals surface area contributed by atoms with Gasteiger partial charge in [-0.2, -0.15) is 0 Å². The third kappa shape index (κ3) is 3.23. The number of aliphatic hydroxyl groups excluding tert-OH is 1. The molecule has 0 spiro atoms. The second-order valence-electron chi connectivity index (χ2n) is 4.66. The first-order valence-corrected chi connectivity index (χ1v) is 5.73. The van der Waals surface area contributed by atoms with Gasteiger partial charge in [-0.3, -0.25) is 4.90 Å². The Labute approximate surface area is 87.5 Å². The molecule has 0 aliphatic carbocycles. The zero-order valence-corrected chi connectivity index (χ0v) is 9.66. The lowest BCUT2D eigenvalue weighted by Gasteiger charge is -2.25. The summed E-state index contributed by atoms with van der Waals surface area (Å²) >= 11 is 0. The molecule has 3 heteroatoms. The summed E-state index contributed by atoms with van der Waals surface area (Å²) in [4.78, 5) is 2.40. The van der Waals surface area contributed by atoms with Crippen molar-refractivity contribution in [2.45, 2.75) is 39.3 Å². The van der Waals surface area contributed by atoms with E-state index in [0.717, 1.165) is 19.6 Å². The normalized spacial score (nSPS) is 28.9. The van der Waals surface area contributed by atoms with Crippen molar-refractivity contribution in [2.24, 2.45) is 5.92 Å². The van der Waals surface area contributed by atoms with Crippen molar-refractivity contribution >= 4 is 0 Å². The molecule has 84 valence electrons. The maximum atomic E-state index is 9.25. The molecule has 2 unspecified atom stereocenters. The topological polar surface area (TPSA) is 35.5 Å². The smallest absolute Gasteiger partial charge is 0.0589 e. The molecule has 0 amide bonds. The molecule has 1 saturated heterocycles. The molecule has 2 N–H and O–H groups in total. The molecular weight excluding hydrogens is 176 g/mol. The van der Waals surface area contributed by atoms with E-state index in [0.29, 0.717) is 24.6 Å². The number of rotatable bonds is 5. The van der Waals surface area contributed by atoms with Crippen molar-refractivity contribution in [2.75, 3.05) is 26.2 Å². The first kappa shape index (κ1) is 12.0. The fraction of sp³-hybridized carbons (Fsp3) is 1.00. The quantitative estimate of drug-likeness (QED) is 0.685. The van der Waals surface area contributed by atoms with Crippen molar-refractivity contribution in [3.8, 4) is 0 Å².